The molecule has 0 radical (unpaired) electrons. The highest BCUT2D eigenvalue weighted by molar-refractivity contribution is 6.31. The molecule has 0 heterocycles. The lowest BCUT2D eigenvalue weighted by atomic mass is 10.2. The quantitative estimate of drug-likeness (QED) is 0.676. The van der Waals surface area contributed by atoms with E-state index >= 15 is 0 Å². The molecule has 0 saturated carbocycles. The SMILES string of the molecule is Cc1ccc(NC(=O)NC(C(=O)O)C(C)O)cc1Cl. The second-order valence-electron chi connectivity index (χ2n) is 4.12. The van der Waals surface area contributed by atoms with Crippen molar-refractivity contribution in [2.75, 3.05) is 5.32 Å². The smallest absolute Gasteiger partial charge is 0.328 e. The van der Waals surface area contributed by atoms with Crippen molar-refractivity contribution in [3.05, 3.63) is 28.8 Å². The Morgan fingerprint density at radius 3 is 2.47 bits per heavy atom. The van der Waals surface area contributed by atoms with Crippen LogP contribution in [0.15, 0.2) is 18.2 Å². The average molecular weight is 287 g/mol. The maximum atomic E-state index is 11.6. The fourth-order valence-corrected chi connectivity index (χ4v) is 1.55. The molecular formula is C12H15ClN2O4. The van der Waals surface area contributed by atoms with Crippen LogP contribution in [-0.4, -0.2) is 34.4 Å². The number of amides is 2. The molecule has 0 aliphatic carbocycles. The lowest BCUT2D eigenvalue weighted by Crippen LogP contribution is -2.49. The van der Waals surface area contributed by atoms with Crippen LogP contribution >= 0.6 is 11.6 Å². The Morgan fingerprint density at radius 1 is 1.37 bits per heavy atom. The van der Waals surface area contributed by atoms with Crippen molar-refractivity contribution in [3.8, 4) is 0 Å². The standard InChI is InChI=1S/C12H15ClN2O4/c1-6-3-4-8(5-9(6)13)14-12(19)15-10(7(2)16)11(17)18/h3-5,7,10,16H,1-2H3,(H,17,18)(H2,14,15,19). The first kappa shape index (κ1) is 15.3. The predicted molar refractivity (Wildman–Crippen MR) is 71.4 cm³/mol. The van der Waals surface area contributed by atoms with Gasteiger partial charge in [-0.05, 0) is 31.5 Å². The van der Waals surface area contributed by atoms with Crippen LogP contribution in [0.25, 0.3) is 0 Å². The molecule has 19 heavy (non-hydrogen) atoms. The fourth-order valence-electron chi connectivity index (χ4n) is 1.37. The van der Waals surface area contributed by atoms with Crippen LogP contribution in [0.3, 0.4) is 0 Å². The van der Waals surface area contributed by atoms with Gasteiger partial charge in [0.1, 0.15) is 0 Å². The Kier molecular flexibility index (Phi) is 5.14. The Hall–Kier alpha value is -1.79. The normalized spacial score (nSPS) is 13.5. The second-order valence-corrected chi connectivity index (χ2v) is 4.53. The Bertz CT molecular complexity index is 491. The van der Waals surface area contributed by atoms with Gasteiger partial charge in [-0.15, -0.1) is 0 Å². The minimum absolute atomic E-state index is 0.433. The van der Waals surface area contributed by atoms with Crippen molar-refractivity contribution < 1.29 is 19.8 Å². The molecule has 0 fully saturated rings. The van der Waals surface area contributed by atoms with Crippen LogP contribution < -0.4 is 10.6 Å². The molecule has 7 heteroatoms. The summed E-state index contributed by atoms with van der Waals surface area (Å²) in [5, 5.41) is 23.1. The van der Waals surface area contributed by atoms with Crippen LogP contribution in [0.2, 0.25) is 5.02 Å². The molecular weight excluding hydrogens is 272 g/mol. The van der Waals surface area contributed by atoms with E-state index in [2.05, 4.69) is 10.6 Å². The van der Waals surface area contributed by atoms with Crippen molar-refractivity contribution in [2.24, 2.45) is 0 Å². The van der Waals surface area contributed by atoms with Crippen LogP contribution in [-0.2, 0) is 4.79 Å². The van der Waals surface area contributed by atoms with Gasteiger partial charge in [0, 0.05) is 10.7 Å². The van der Waals surface area contributed by atoms with Gasteiger partial charge in [-0.1, -0.05) is 17.7 Å². The van der Waals surface area contributed by atoms with Gasteiger partial charge in [0.2, 0.25) is 0 Å². The number of carboxylic acid groups (broad SMARTS) is 1. The average Bonchev–Trinajstić information content (AvgIpc) is 2.30. The Balaban J connectivity index is 2.69. The molecule has 0 aromatic heterocycles. The second kappa shape index (κ2) is 6.40. The third-order valence-corrected chi connectivity index (χ3v) is 2.87. The van der Waals surface area contributed by atoms with Gasteiger partial charge in [0.15, 0.2) is 6.04 Å². The van der Waals surface area contributed by atoms with E-state index in [1.54, 1.807) is 18.2 Å². The molecule has 0 aliphatic rings. The molecule has 104 valence electrons. The van der Waals surface area contributed by atoms with Crippen LogP contribution in [0.1, 0.15) is 12.5 Å². The van der Waals surface area contributed by atoms with E-state index in [0.717, 1.165) is 5.56 Å². The monoisotopic (exact) mass is 286 g/mol. The first-order valence-electron chi connectivity index (χ1n) is 5.56. The minimum atomic E-state index is -1.37. The molecule has 1 aromatic carbocycles. The number of carbonyl (C=O) groups excluding carboxylic acids is 1. The van der Waals surface area contributed by atoms with E-state index in [0.29, 0.717) is 10.7 Å². The van der Waals surface area contributed by atoms with Gasteiger partial charge in [0.25, 0.3) is 0 Å². The van der Waals surface area contributed by atoms with Gasteiger partial charge in [0.05, 0.1) is 6.10 Å². The fraction of sp³-hybridized carbons (Fsp3) is 0.333. The number of carbonyl (C=O) groups is 2. The number of aliphatic carboxylic acids is 1. The third kappa shape index (κ3) is 4.42. The van der Waals surface area contributed by atoms with E-state index in [1.165, 1.54) is 6.92 Å². The molecule has 1 aromatic rings. The lowest BCUT2D eigenvalue weighted by molar-refractivity contribution is -0.141. The molecule has 2 amide bonds. The van der Waals surface area contributed by atoms with Crippen LogP contribution in [0, 0.1) is 6.92 Å². The number of aliphatic hydroxyl groups excluding tert-OH is 1. The summed E-state index contributed by atoms with van der Waals surface area (Å²) in [6.45, 7) is 3.10. The summed E-state index contributed by atoms with van der Waals surface area (Å²) < 4.78 is 0. The summed E-state index contributed by atoms with van der Waals surface area (Å²) in [5.74, 6) is -1.31. The number of benzene rings is 1. The summed E-state index contributed by atoms with van der Waals surface area (Å²) in [6, 6.07) is 2.81. The topological polar surface area (TPSA) is 98.7 Å². The number of aryl methyl sites for hydroxylation is 1. The lowest BCUT2D eigenvalue weighted by Gasteiger charge is -2.17. The molecule has 4 N–H and O–H groups in total. The van der Waals surface area contributed by atoms with Gasteiger partial charge in [-0.25, -0.2) is 9.59 Å². The molecule has 0 spiro atoms. The van der Waals surface area contributed by atoms with Crippen molar-refractivity contribution in [3.63, 3.8) is 0 Å². The highest BCUT2D eigenvalue weighted by Gasteiger charge is 2.24. The predicted octanol–water partition coefficient (Wildman–Crippen LogP) is 1.60. The first-order valence-corrected chi connectivity index (χ1v) is 5.93. The first-order chi connectivity index (χ1) is 8.81. The molecule has 0 saturated heterocycles. The third-order valence-electron chi connectivity index (χ3n) is 2.46. The Morgan fingerprint density at radius 2 is 2.00 bits per heavy atom. The molecule has 2 atom stereocenters. The van der Waals surface area contributed by atoms with Gasteiger partial charge in [-0.3, -0.25) is 0 Å². The number of carboxylic acids is 1. The van der Waals surface area contributed by atoms with E-state index < -0.39 is 24.1 Å². The van der Waals surface area contributed by atoms with Gasteiger partial charge in [-0.2, -0.15) is 0 Å². The van der Waals surface area contributed by atoms with Crippen LogP contribution in [0.4, 0.5) is 10.5 Å². The molecule has 0 bridgehead atoms. The van der Waals surface area contributed by atoms with E-state index in [9.17, 15) is 14.7 Å². The highest BCUT2D eigenvalue weighted by atomic mass is 35.5. The number of halogens is 1. The summed E-state index contributed by atoms with van der Waals surface area (Å²) in [7, 11) is 0. The molecule has 0 aliphatic heterocycles. The number of aliphatic hydroxyl groups is 1. The van der Waals surface area contributed by atoms with Gasteiger partial charge < -0.3 is 20.8 Å². The molecule has 1 rings (SSSR count). The minimum Gasteiger partial charge on any atom is -0.480 e. The van der Waals surface area contributed by atoms with E-state index in [4.69, 9.17) is 16.7 Å². The summed E-state index contributed by atoms with van der Waals surface area (Å²) in [6.07, 6.45) is -1.20. The number of nitrogens with one attached hydrogen (secondary N) is 2. The summed E-state index contributed by atoms with van der Waals surface area (Å²) in [5.41, 5.74) is 1.29. The highest BCUT2D eigenvalue weighted by Crippen LogP contribution is 2.19. The van der Waals surface area contributed by atoms with Gasteiger partial charge >= 0.3 is 12.0 Å². The van der Waals surface area contributed by atoms with Crippen molar-refractivity contribution in [1.29, 1.82) is 0 Å². The maximum Gasteiger partial charge on any atom is 0.328 e. The van der Waals surface area contributed by atoms with Crippen LogP contribution in [0.5, 0.6) is 0 Å². The molecule has 6 nitrogen and oxygen atoms in total. The zero-order valence-electron chi connectivity index (χ0n) is 10.5. The number of urea groups is 1. The van der Waals surface area contributed by atoms with Crippen molar-refractivity contribution in [2.45, 2.75) is 26.0 Å². The Labute approximate surface area is 115 Å². The maximum absolute atomic E-state index is 11.6. The van der Waals surface area contributed by atoms with Crippen molar-refractivity contribution >= 4 is 29.3 Å². The number of hydrogen-bond acceptors (Lipinski definition) is 3. The van der Waals surface area contributed by atoms with E-state index in [1.807, 2.05) is 6.92 Å². The number of rotatable bonds is 4. The van der Waals surface area contributed by atoms with Crippen molar-refractivity contribution in [1.82, 2.24) is 5.32 Å². The van der Waals surface area contributed by atoms with E-state index in [-0.39, 0.29) is 0 Å². The zero-order valence-corrected chi connectivity index (χ0v) is 11.2. The summed E-state index contributed by atoms with van der Waals surface area (Å²) >= 11 is 5.90. The zero-order chi connectivity index (χ0) is 14.6. The summed E-state index contributed by atoms with van der Waals surface area (Å²) in [4.78, 5) is 22.4. The largest absolute Gasteiger partial charge is 0.480 e. The number of anilines is 1. The molecule has 2 unspecified atom stereocenters. The number of hydrogen-bond donors (Lipinski definition) is 4.